The Balaban J connectivity index is 1.91. The van der Waals surface area contributed by atoms with Crippen molar-refractivity contribution in [2.45, 2.75) is 32.7 Å². The second-order valence-corrected chi connectivity index (χ2v) is 6.74. The molecule has 2 rings (SSSR count). The Bertz CT molecular complexity index is 628. The van der Waals surface area contributed by atoms with Gasteiger partial charge in [-0.3, -0.25) is 19.3 Å². The fourth-order valence-electron chi connectivity index (χ4n) is 2.93. The van der Waals surface area contributed by atoms with Gasteiger partial charge in [0.25, 0.3) is 5.91 Å². The van der Waals surface area contributed by atoms with E-state index in [2.05, 4.69) is 10.6 Å². The topological polar surface area (TPSA) is 105 Å². The van der Waals surface area contributed by atoms with Crippen molar-refractivity contribution in [3.8, 4) is 0 Å². The number of hydrogen-bond donors (Lipinski definition) is 3. The van der Waals surface area contributed by atoms with Crippen LogP contribution in [0.15, 0.2) is 24.3 Å². The number of rotatable bonds is 6. The van der Waals surface area contributed by atoms with Gasteiger partial charge in [0.2, 0.25) is 11.8 Å². The summed E-state index contributed by atoms with van der Waals surface area (Å²) in [5.41, 5.74) is 6.43. The van der Waals surface area contributed by atoms with Crippen LogP contribution in [-0.2, 0) is 9.59 Å². The van der Waals surface area contributed by atoms with E-state index < -0.39 is 0 Å². The summed E-state index contributed by atoms with van der Waals surface area (Å²) in [6.07, 6.45) is 1.65. The van der Waals surface area contributed by atoms with Gasteiger partial charge in [0.1, 0.15) is 0 Å². The third-order valence-electron chi connectivity index (χ3n) is 4.09. The number of hydrogen-bond acceptors (Lipinski definition) is 4. The fourth-order valence-corrected chi connectivity index (χ4v) is 2.93. The van der Waals surface area contributed by atoms with E-state index in [0.29, 0.717) is 17.8 Å². The summed E-state index contributed by atoms with van der Waals surface area (Å²) in [5.74, 6) is -0.760. The number of piperidine rings is 1. The van der Waals surface area contributed by atoms with E-state index in [1.54, 1.807) is 24.3 Å². The standard InChI is InChI=1S/C18H26N4O3/c1-12(2)20-17(24)13-5-7-15(8-6-13)21-18(25)14-4-3-9-22(10-14)11-16(19)23/h5-8,12,14H,3-4,9-11H2,1-2H3,(H2,19,23)(H,20,24)(H,21,25). The molecule has 0 saturated carbocycles. The van der Waals surface area contributed by atoms with Crippen LogP contribution < -0.4 is 16.4 Å². The molecule has 0 bridgehead atoms. The van der Waals surface area contributed by atoms with Gasteiger partial charge < -0.3 is 16.4 Å². The number of amides is 3. The van der Waals surface area contributed by atoms with Gasteiger partial charge in [0, 0.05) is 23.8 Å². The minimum Gasteiger partial charge on any atom is -0.369 e. The minimum atomic E-state index is -0.378. The number of nitrogens with two attached hydrogens (primary N) is 1. The molecule has 4 N–H and O–H groups in total. The first kappa shape index (κ1) is 18.9. The zero-order chi connectivity index (χ0) is 18.4. The van der Waals surface area contributed by atoms with Crippen molar-refractivity contribution in [1.29, 1.82) is 0 Å². The molecule has 0 radical (unpaired) electrons. The minimum absolute atomic E-state index is 0.0709. The van der Waals surface area contributed by atoms with E-state index in [4.69, 9.17) is 5.73 Å². The van der Waals surface area contributed by atoms with Gasteiger partial charge >= 0.3 is 0 Å². The van der Waals surface area contributed by atoms with Gasteiger partial charge in [-0.1, -0.05) is 0 Å². The Labute approximate surface area is 147 Å². The molecular formula is C18H26N4O3. The molecule has 136 valence electrons. The molecule has 0 spiro atoms. The number of carbonyl (C=O) groups is 3. The highest BCUT2D eigenvalue weighted by molar-refractivity contribution is 5.96. The summed E-state index contributed by atoms with van der Waals surface area (Å²) >= 11 is 0. The van der Waals surface area contributed by atoms with E-state index in [0.717, 1.165) is 19.4 Å². The van der Waals surface area contributed by atoms with Crippen LogP contribution in [0.4, 0.5) is 5.69 Å². The molecule has 1 saturated heterocycles. The molecule has 1 aliphatic heterocycles. The normalized spacial score (nSPS) is 18.0. The van der Waals surface area contributed by atoms with Crippen molar-refractivity contribution >= 4 is 23.4 Å². The lowest BCUT2D eigenvalue weighted by molar-refractivity contribution is -0.124. The fraction of sp³-hybridized carbons (Fsp3) is 0.500. The number of nitrogens with zero attached hydrogens (tertiary/aromatic N) is 1. The number of nitrogens with one attached hydrogen (secondary N) is 2. The maximum absolute atomic E-state index is 12.4. The van der Waals surface area contributed by atoms with E-state index in [1.807, 2.05) is 18.7 Å². The van der Waals surface area contributed by atoms with E-state index in [9.17, 15) is 14.4 Å². The van der Waals surface area contributed by atoms with Gasteiger partial charge in [-0.25, -0.2) is 0 Å². The summed E-state index contributed by atoms with van der Waals surface area (Å²) in [4.78, 5) is 37.3. The first-order valence-electron chi connectivity index (χ1n) is 8.57. The van der Waals surface area contributed by atoms with Crippen LogP contribution in [0.25, 0.3) is 0 Å². The van der Waals surface area contributed by atoms with Crippen molar-refractivity contribution in [2.75, 3.05) is 25.0 Å². The second kappa shape index (κ2) is 8.62. The maximum Gasteiger partial charge on any atom is 0.251 e. The molecular weight excluding hydrogens is 320 g/mol. The monoisotopic (exact) mass is 346 g/mol. The summed E-state index contributed by atoms with van der Waals surface area (Å²) < 4.78 is 0. The molecule has 0 aliphatic carbocycles. The van der Waals surface area contributed by atoms with Crippen molar-refractivity contribution in [2.24, 2.45) is 11.7 Å². The van der Waals surface area contributed by atoms with Crippen LogP contribution in [0.3, 0.4) is 0 Å². The predicted molar refractivity (Wildman–Crippen MR) is 96.0 cm³/mol. The van der Waals surface area contributed by atoms with E-state index >= 15 is 0 Å². The Morgan fingerprint density at radius 3 is 2.52 bits per heavy atom. The maximum atomic E-state index is 12.4. The third kappa shape index (κ3) is 5.86. The molecule has 7 nitrogen and oxygen atoms in total. The Hall–Kier alpha value is -2.41. The van der Waals surface area contributed by atoms with Crippen LogP contribution in [0, 0.1) is 5.92 Å². The lowest BCUT2D eigenvalue weighted by Gasteiger charge is -2.30. The number of carbonyl (C=O) groups excluding carboxylic acids is 3. The molecule has 1 aromatic carbocycles. The summed E-state index contributed by atoms with van der Waals surface area (Å²) in [7, 11) is 0. The van der Waals surface area contributed by atoms with Crippen LogP contribution >= 0.6 is 0 Å². The predicted octanol–water partition coefficient (Wildman–Crippen LogP) is 0.961. The lowest BCUT2D eigenvalue weighted by Crippen LogP contribution is -2.44. The number of benzene rings is 1. The lowest BCUT2D eigenvalue weighted by atomic mass is 9.97. The third-order valence-corrected chi connectivity index (χ3v) is 4.09. The average Bonchev–Trinajstić information content (AvgIpc) is 2.54. The number of primary amides is 1. The number of anilines is 1. The molecule has 0 aromatic heterocycles. The van der Waals surface area contributed by atoms with Crippen molar-refractivity contribution in [1.82, 2.24) is 10.2 Å². The van der Waals surface area contributed by atoms with Gasteiger partial charge in [-0.2, -0.15) is 0 Å². The number of likely N-dealkylation sites (tertiary alicyclic amines) is 1. The first-order valence-corrected chi connectivity index (χ1v) is 8.57. The molecule has 3 amide bonds. The molecule has 1 heterocycles. The smallest absolute Gasteiger partial charge is 0.251 e. The Kier molecular flexibility index (Phi) is 6.52. The second-order valence-electron chi connectivity index (χ2n) is 6.74. The van der Waals surface area contributed by atoms with Gasteiger partial charge in [0.05, 0.1) is 12.5 Å². The molecule has 1 aromatic rings. The van der Waals surface area contributed by atoms with Crippen LogP contribution in [-0.4, -0.2) is 48.3 Å². The summed E-state index contributed by atoms with van der Waals surface area (Å²) in [5, 5.41) is 5.70. The Morgan fingerprint density at radius 1 is 1.24 bits per heavy atom. The molecule has 1 unspecified atom stereocenters. The highest BCUT2D eigenvalue weighted by Crippen LogP contribution is 2.19. The quantitative estimate of drug-likeness (QED) is 0.713. The van der Waals surface area contributed by atoms with Crippen LogP contribution in [0.5, 0.6) is 0 Å². The zero-order valence-electron chi connectivity index (χ0n) is 14.7. The van der Waals surface area contributed by atoms with Gasteiger partial charge in [-0.15, -0.1) is 0 Å². The Morgan fingerprint density at radius 2 is 1.92 bits per heavy atom. The van der Waals surface area contributed by atoms with Crippen LogP contribution in [0.1, 0.15) is 37.0 Å². The SMILES string of the molecule is CC(C)NC(=O)c1ccc(NC(=O)C2CCCN(CC(N)=O)C2)cc1. The molecule has 25 heavy (non-hydrogen) atoms. The first-order chi connectivity index (χ1) is 11.8. The molecule has 7 heteroatoms. The van der Waals surface area contributed by atoms with Crippen molar-refractivity contribution in [3.05, 3.63) is 29.8 Å². The summed E-state index contributed by atoms with van der Waals surface area (Å²) in [6, 6.07) is 6.89. The average molecular weight is 346 g/mol. The molecule has 1 aliphatic rings. The summed E-state index contributed by atoms with van der Waals surface area (Å²) in [6.45, 7) is 5.30. The highest BCUT2D eigenvalue weighted by Gasteiger charge is 2.26. The molecule has 1 fully saturated rings. The van der Waals surface area contributed by atoms with E-state index in [1.165, 1.54) is 0 Å². The van der Waals surface area contributed by atoms with Crippen molar-refractivity contribution in [3.63, 3.8) is 0 Å². The molecule has 1 atom stereocenters. The van der Waals surface area contributed by atoms with Gasteiger partial charge in [-0.05, 0) is 57.5 Å². The largest absolute Gasteiger partial charge is 0.369 e. The highest BCUT2D eigenvalue weighted by atomic mass is 16.2. The van der Waals surface area contributed by atoms with Gasteiger partial charge in [0.15, 0.2) is 0 Å². The zero-order valence-corrected chi connectivity index (χ0v) is 14.7. The van der Waals surface area contributed by atoms with Crippen molar-refractivity contribution < 1.29 is 14.4 Å². The van der Waals surface area contributed by atoms with Crippen LogP contribution in [0.2, 0.25) is 0 Å². The van der Waals surface area contributed by atoms with E-state index in [-0.39, 0.29) is 36.2 Å².